The molecule has 5 rings (SSSR count). The minimum Gasteiger partial charge on any atom is -0.497 e. The normalized spacial score (nSPS) is 12.6. The van der Waals surface area contributed by atoms with E-state index in [1.165, 1.54) is 16.8 Å². The van der Waals surface area contributed by atoms with Gasteiger partial charge in [-0.25, -0.2) is 17.9 Å². The van der Waals surface area contributed by atoms with Crippen LogP contribution in [0.3, 0.4) is 0 Å². The van der Waals surface area contributed by atoms with Crippen LogP contribution < -0.4 is 14.2 Å². The van der Waals surface area contributed by atoms with Crippen LogP contribution in [0.2, 0.25) is 0 Å². The highest BCUT2D eigenvalue weighted by molar-refractivity contribution is 7.89. The van der Waals surface area contributed by atoms with E-state index in [-0.39, 0.29) is 10.8 Å². The van der Waals surface area contributed by atoms with Crippen LogP contribution in [0.1, 0.15) is 36.6 Å². The zero-order valence-electron chi connectivity index (χ0n) is 25.3. The van der Waals surface area contributed by atoms with E-state index >= 15 is 0 Å². The van der Waals surface area contributed by atoms with Crippen LogP contribution in [0.5, 0.6) is 11.5 Å². The van der Waals surface area contributed by atoms with Crippen molar-refractivity contribution in [3.63, 3.8) is 0 Å². The van der Waals surface area contributed by atoms with Gasteiger partial charge in [0, 0.05) is 5.56 Å². The summed E-state index contributed by atoms with van der Waals surface area (Å²) in [4.78, 5) is 11.8. The smallest absolute Gasteiger partial charge is 0.328 e. The van der Waals surface area contributed by atoms with Crippen molar-refractivity contribution in [2.75, 3.05) is 14.2 Å². The molecule has 5 aromatic rings. The van der Waals surface area contributed by atoms with Gasteiger partial charge in [-0.15, -0.1) is 5.10 Å². The van der Waals surface area contributed by atoms with Gasteiger partial charge >= 0.3 is 5.97 Å². The number of carboxylic acids is 1. The molecule has 0 radical (unpaired) electrons. The maximum atomic E-state index is 14.2. The van der Waals surface area contributed by atoms with E-state index in [0.29, 0.717) is 39.4 Å². The molecule has 0 aliphatic rings. The Hall–Kier alpha value is -5.00. The molecule has 0 fully saturated rings. The Balaban J connectivity index is 1.58. The minimum atomic E-state index is -4.15. The topological polar surface area (TPSA) is 133 Å². The van der Waals surface area contributed by atoms with Gasteiger partial charge in [0.05, 0.1) is 25.3 Å². The summed E-state index contributed by atoms with van der Waals surface area (Å²) in [6, 6.07) is 29.2. The number of nitrogens with one attached hydrogen (secondary N) is 1. The average molecular weight is 627 g/mol. The highest BCUT2D eigenvalue weighted by Crippen LogP contribution is 2.40. The van der Waals surface area contributed by atoms with Gasteiger partial charge in [0.25, 0.3) is 0 Å². The zero-order chi connectivity index (χ0) is 32.2. The average Bonchev–Trinajstić information content (AvgIpc) is 3.53. The van der Waals surface area contributed by atoms with Crippen molar-refractivity contribution in [1.82, 2.24) is 19.7 Å². The first-order valence-electron chi connectivity index (χ1n) is 14.2. The van der Waals surface area contributed by atoms with Crippen molar-refractivity contribution in [3.05, 3.63) is 126 Å². The standard InChI is InChI=1S/C34H34N4O6S/c1-23(2)32(33(39)40)38-22-31(35-37-38)24-10-20-30(21-11-24)45(41,42)36-34(25-8-6-5-7-9-25,26-12-16-28(43-3)17-13-26)27-14-18-29(44-4)19-15-27/h5-23,32,36H,1-4H3,(H,39,40). The summed E-state index contributed by atoms with van der Waals surface area (Å²) in [7, 11) is -1.01. The third-order valence-corrected chi connectivity index (χ3v) is 9.15. The fourth-order valence-corrected chi connectivity index (χ4v) is 6.73. The van der Waals surface area contributed by atoms with Gasteiger partial charge in [0.15, 0.2) is 6.04 Å². The Morgan fingerprint density at radius 3 is 1.78 bits per heavy atom. The number of aliphatic carboxylic acids is 1. The Kier molecular flexibility index (Phi) is 9.03. The molecule has 11 heteroatoms. The van der Waals surface area contributed by atoms with Gasteiger partial charge in [-0.2, -0.15) is 4.72 Å². The zero-order valence-corrected chi connectivity index (χ0v) is 26.1. The molecule has 45 heavy (non-hydrogen) atoms. The molecule has 0 bridgehead atoms. The molecule has 0 spiro atoms. The van der Waals surface area contributed by atoms with E-state index in [1.54, 1.807) is 70.7 Å². The maximum absolute atomic E-state index is 14.2. The lowest BCUT2D eigenvalue weighted by molar-refractivity contribution is -0.142. The minimum absolute atomic E-state index is 0.0339. The molecule has 0 aliphatic carbocycles. The highest BCUT2D eigenvalue weighted by atomic mass is 32.2. The van der Waals surface area contributed by atoms with E-state index in [4.69, 9.17) is 9.47 Å². The molecule has 0 saturated carbocycles. The van der Waals surface area contributed by atoms with Gasteiger partial charge < -0.3 is 14.6 Å². The molecular formula is C34H34N4O6S. The fraction of sp³-hybridized carbons (Fsp3) is 0.206. The lowest BCUT2D eigenvalue weighted by atomic mass is 9.78. The summed E-state index contributed by atoms with van der Waals surface area (Å²) >= 11 is 0. The molecule has 10 nitrogen and oxygen atoms in total. The monoisotopic (exact) mass is 626 g/mol. The first kappa shape index (κ1) is 31.4. The number of carbonyl (C=O) groups is 1. The van der Waals surface area contributed by atoms with Crippen LogP contribution in [0.25, 0.3) is 11.3 Å². The summed E-state index contributed by atoms with van der Waals surface area (Å²) in [5.74, 6) is 0.0456. The maximum Gasteiger partial charge on any atom is 0.328 e. The second-order valence-electron chi connectivity index (χ2n) is 10.8. The van der Waals surface area contributed by atoms with Crippen molar-refractivity contribution in [2.45, 2.75) is 30.3 Å². The van der Waals surface area contributed by atoms with Gasteiger partial charge in [0.1, 0.15) is 22.7 Å². The third-order valence-electron chi connectivity index (χ3n) is 7.68. The lowest BCUT2D eigenvalue weighted by Crippen LogP contribution is -2.47. The number of sulfonamides is 1. The van der Waals surface area contributed by atoms with E-state index in [0.717, 1.165) is 0 Å². The molecule has 0 aliphatic heterocycles. The van der Waals surface area contributed by atoms with Gasteiger partial charge in [-0.1, -0.05) is 85.8 Å². The van der Waals surface area contributed by atoms with Gasteiger partial charge in [-0.05, 0) is 59.0 Å². The Morgan fingerprint density at radius 2 is 1.31 bits per heavy atom. The molecule has 4 aromatic carbocycles. The van der Waals surface area contributed by atoms with E-state index in [9.17, 15) is 18.3 Å². The second-order valence-corrected chi connectivity index (χ2v) is 12.5. The summed E-state index contributed by atoms with van der Waals surface area (Å²) in [6.45, 7) is 3.58. The summed E-state index contributed by atoms with van der Waals surface area (Å²) in [5, 5.41) is 17.8. The predicted octanol–water partition coefficient (Wildman–Crippen LogP) is 5.51. The molecular weight excluding hydrogens is 592 g/mol. The number of hydrogen-bond donors (Lipinski definition) is 2. The summed E-state index contributed by atoms with van der Waals surface area (Å²) in [5.41, 5.74) is 1.74. The number of methoxy groups -OCH3 is 2. The summed E-state index contributed by atoms with van der Waals surface area (Å²) < 4.78 is 43.6. The SMILES string of the molecule is COc1ccc(C(NS(=O)(=O)c2ccc(-c3cn(C(C(=O)O)C(C)C)nn3)cc2)(c2ccccc2)c2ccc(OC)cc2)cc1. The van der Waals surface area contributed by atoms with Crippen molar-refractivity contribution in [3.8, 4) is 22.8 Å². The van der Waals surface area contributed by atoms with Crippen molar-refractivity contribution in [1.29, 1.82) is 0 Å². The number of carboxylic acid groups (broad SMARTS) is 1. The van der Waals surface area contributed by atoms with E-state index < -0.39 is 27.6 Å². The van der Waals surface area contributed by atoms with E-state index in [1.807, 2.05) is 54.6 Å². The number of aromatic nitrogens is 3. The van der Waals surface area contributed by atoms with Crippen LogP contribution in [-0.2, 0) is 20.4 Å². The highest BCUT2D eigenvalue weighted by Gasteiger charge is 2.41. The number of ether oxygens (including phenoxy) is 2. The predicted molar refractivity (Wildman–Crippen MR) is 170 cm³/mol. The second kappa shape index (κ2) is 12.9. The summed E-state index contributed by atoms with van der Waals surface area (Å²) in [6.07, 6.45) is 1.55. The first-order chi connectivity index (χ1) is 21.6. The fourth-order valence-electron chi connectivity index (χ4n) is 5.36. The van der Waals surface area contributed by atoms with Gasteiger partial charge in [0.2, 0.25) is 10.0 Å². The Bertz CT molecular complexity index is 1810. The van der Waals surface area contributed by atoms with Crippen molar-refractivity contribution >= 4 is 16.0 Å². The number of nitrogens with zero attached hydrogens (tertiary/aromatic N) is 3. The molecule has 1 heterocycles. The number of benzene rings is 4. The van der Waals surface area contributed by atoms with Crippen molar-refractivity contribution in [2.24, 2.45) is 5.92 Å². The van der Waals surface area contributed by atoms with Crippen LogP contribution >= 0.6 is 0 Å². The molecule has 1 aromatic heterocycles. The largest absolute Gasteiger partial charge is 0.497 e. The Labute approximate surface area is 262 Å². The van der Waals surface area contributed by atoms with Crippen molar-refractivity contribution < 1.29 is 27.8 Å². The van der Waals surface area contributed by atoms with E-state index in [2.05, 4.69) is 15.0 Å². The van der Waals surface area contributed by atoms with Crippen LogP contribution in [-0.4, -0.2) is 48.7 Å². The van der Waals surface area contributed by atoms with Crippen LogP contribution in [0.15, 0.2) is 114 Å². The molecule has 0 saturated heterocycles. The third kappa shape index (κ3) is 6.31. The molecule has 2 N–H and O–H groups in total. The van der Waals surface area contributed by atoms with Crippen LogP contribution in [0.4, 0.5) is 0 Å². The number of rotatable bonds is 12. The van der Waals surface area contributed by atoms with Crippen LogP contribution in [0, 0.1) is 5.92 Å². The molecule has 1 atom stereocenters. The molecule has 0 amide bonds. The number of hydrogen-bond acceptors (Lipinski definition) is 7. The lowest BCUT2D eigenvalue weighted by Gasteiger charge is -2.36. The quantitative estimate of drug-likeness (QED) is 0.173. The molecule has 1 unspecified atom stereocenters. The van der Waals surface area contributed by atoms with Gasteiger partial charge in [-0.3, -0.25) is 0 Å². The Morgan fingerprint density at radius 1 is 0.800 bits per heavy atom. The molecule has 232 valence electrons. The first-order valence-corrected chi connectivity index (χ1v) is 15.7.